The largest absolute Gasteiger partial charge is 0.368 e. The van der Waals surface area contributed by atoms with Crippen molar-refractivity contribution in [3.63, 3.8) is 0 Å². The van der Waals surface area contributed by atoms with Crippen molar-refractivity contribution < 1.29 is 4.79 Å². The lowest BCUT2D eigenvalue weighted by Crippen LogP contribution is -2.23. The van der Waals surface area contributed by atoms with Crippen LogP contribution in [-0.2, 0) is 13.1 Å². The number of halogens is 3. The molecule has 0 atom stereocenters. The Morgan fingerprint density at radius 3 is 2.52 bits per heavy atom. The van der Waals surface area contributed by atoms with Gasteiger partial charge in [-0.1, -0.05) is 53.0 Å². The molecule has 6 heteroatoms. The van der Waals surface area contributed by atoms with Gasteiger partial charge in [-0.15, -0.1) is 0 Å². The summed E-state index contributed by atoms with van der Waals surface area (Å²) in [6, 6.07) is 11.7. The fourth-order valence-electron chi connectivity index (χ4n) is 2.69. The highest BCUT2D eigenvalue weighted by molar-refractivity contribution is 6.77. The maximum absolute atomic E-state index is 12.3. The molecule has 3 nitrogen and oxygen atoms in total. The van der Waals surface area contributed by atoms with Crippen molar-refractivity contribution in [3.05, 3.63) is 53.3 Å². The zero-order valence-electron chi connectivity index (χ0n) is 11.3. The molecular formula is C15H13Cl3N2O. The van der Waals surface area contributed by atoms with Crippen molar-refractivity contribution >= 4 is 46.3 Å². The summed E-state index contributed by atoms with van der Waals surface area (Å²) in [7, 11) is 2.03. The quantitative estimate of drug-likeness (QED) is 0.577. The minimum absolute atomic E-state index is 0.426. The standard InChI is InChI=1S/C15H13Cl3N2O/c1-19-9-11-6-7-13(14(21)15(16,17)18)20(11)8-10-4-2-3-5-12(10)19/h2-7H,8-9H2,1H3. The topological polar surface area (TPSA) is 25.2 Å². The average molecular weight is 344 g/mol. The van der Waals surface area contributed by atoms with Crippen LogP contribution in [0.5, 0.6) is 0 Å². The van der Waals surface area contributed by atoms with Gasteiger partial charge in [-0.2, -0.15) is 0 Å². The molecule has 1 aromatic carbocycles. The predicted molar refractivity (Wildman–Crippen MR) is 86.7 cm³/mol. The summed E-state index contributed by atoms with van der Waals surface area (Å²) in [6.07, 6.45) is 0. The molecule has 110 valence electrons. The van der Waals surface area contributed by atoms with Gasteiger partial charge in [-0.05, 0) is 23.8 Å². The molecule has 21 heavy (non-hydrogen) atoms. The van der Waals surface area contributed by atoms with Gasteiger partial charge in [-0.3, -0.25) is 4.79 Å². The Balaban J connectivity index is 2.09. The van der Waals surface area contributed by atoms with Crippen LogP contribution in [0.15, 0.2) is 36.4 Å². The Bertz CT molecular complexity index is 703. The van der Waals surface area contributed by atoms with Crippen molar-refractivity contribution in [1.82, 2.24) is 4.57 Å². The molecule has 0 N–H and O–H groups in total. The number of Topliss-reactive ketones (excluding diaryl/α,β-unsaturated/α-hetero) is 1. The summed E-state index contributed by atoms with van der Waals surface area (Å²) in [5.41, 5.74) is 3.73. The second-order valence-corrected chi connectivity index (χ2v) is 7.39. The highest BCUT2D eigenvalue weighted by Crippen LogP contribution is 2.33. The number of rotatable bonds is 1. The number of para-hydroxylation sites is 1. The Hall–Kier alpha value is -1.16. The smallest absolute Gasteiger partial charge is 0.255 e. The first-order chi connectivity index (χ1) is 9.88. The molecule has 0 unspecified atom stereocenters. The number of carbonyl (C=O) groups is 1. The second-order valence-electron chi connectivity index (χ2n) is 5.11. The fourth-order valence-corrected chi connectivity index (χ4v) is 2.98. The van der Waals surface area contributed by atoms with Crippen LogP contribution in [0, 0.1) is 0 Å². The van der Waals surface area contributed by atoms with Gasteiger partial charge in [0.05, 0.1) is 18.8 Å². The molecule has 2 heterocycles. The highest BCUT2D eigenvalue weighted by atomic mass is 35.6. The van der Waals surface area contributed by atoms with Crippen molar-refractivity contribution in [1.29, 1.82) is 0 Å². The second kappa shape index (κ2) is 5.24. The highest BCUT2D eigenvalue weighted by Gasteiger charge is 2.34. The summed E-state index contributed by atoms with van der Waals surface area (Å²) in [5, 5.41) is 0. The average Bonchev–Trinajstić information content (AvgIpc) is 2.74. The lowest BCUT2D eigenvalue weighted by atomic mass is 10.1. The molecule has 0 aliphatic carbocycles. The van der Waals surface area contributed by atoms with E-state index in [9.17, 15) is 4.79 Å². The normalized spacial score (nSPS) is 14.4. The van der Waals surface area contributed by atoms with Gasteiger partial charge in [0, 0.05) is 18.4 Å². The third-order valence-electron chi connectivity index (χ3n) is 3.69. The lowest BCUT2D eigenvalue weighted by molar-refractivity contribution is 0.0987. The third-order valence-corrected chi connectivity index (χ3v) is 4.21. The molecule has 0 amide bonds. The molecule has 3 rings (SSSR count). The summed E-state index contributed by atoms with van der Waals surface area (Å²) < 4.78 is -0.0145. The number of benzene rings is 1. The third kappa shape index (κ3) is 2.66. The molecule has 1 aliphatic heterocycles. The summed E-state index contributed by atoms with van der Waals surface area (Å²) in [5.74, 6) is -0.499. The van der Waals surface area contributed by atoms with Crippen LogP contribution in [0.3, 0.4) is 0 Å². The first-order valence-electron chi connectivity index (χ1n) is 6.47. The number of carbonyl (C=O) groups excluding carboxylic acids is 1. The first kappa shape index (κ1) is 14.8. The molecule has 0 spiro atoms. The van der Waals surface area contributed by atoms with Gasteiger partial charge in [0.15, 0.2) is 0 Å². The van der Waals surface area contributed by atoms with E-state index in [-0.39, 0.29) is 0 Å². The first-order valence-corrected chi connectivity index (χ1v) is 7.60. The minimum Gasteiger partial charge on any atom is -0.368 e. The van der Waals surface area contributed by atoms with Crippen molar-refractivity contribution in [3.8, 4) is 0 Å². The zero-order chi connectivity index (χ0) is 15.2. The number of anilines is 1. The molecular weight excluding hydrogens is 331 g/mol. The number of alkyl halides is 3. The number of nitrogens with zero attached hydrogens (tertiary/aromatic N) is 2. The van der Waals surface area contributed by atoms with Crippen LogP contribution in [0.1, 0.15) is 21.7 Å². The van der Waals surface area contributed by atoms with Crippen molar-refractivity contribution in [2.45, 2.75) is 16.9 Å². The molecule has 0 fully saturated rings. The SMILES string of the molecule is CN1Cc2ccc(C(=O)C(Cl)(Cl)Cl)n2Cc2ccccc21. The van der Waals surface area contributed by atoms with E-state index in [1.54, 1.807) is 6.07 Å². The number of hydrogen-bond donors (Lipinski definition) is 0. The van der Waals surface area contributed by atoms with E-state index in [0.717, 1.165) is 16.9 Å². The van der Waals surface area contributed by atoms with Crippen LogP contribution < -0.4 is 4.90 Å². The molecule has 0 radical (unpaired) electrons. The summed E-state index contributed by atoms with van der Waals surface area (Å²) >= 11 is 17.2. The van der Waals surface area contributed by atoms with Crippen molar-refractivity contribution in [2.75, 3.05) is 11.9 Å². The van der Waals surface area contributed by atoms with Gasteiger partial charge in [-0.25, -0.2) is 0 Å². The van der Waals surface area contributed by atoms with E-state index >= 15 is 0 Å². The van der Waals surface area contributed by atoms with Crippen LogP contribution in [0.25, 0.3) is 0 Å². The molecule has 0 saturated carbocycles. The molecule has 1 aliphatic rings. The summed E-state index contributed by atoms with van der Waals surface area (Å²) in [6.45, 7) is 1.29. The number of aromatic nitrogens is 1. The van der Waals surface area contributed by atoms with Crippen LogP contribution in [-0.4, -0.2) is 21.2 Å². The van der Waals surface area contributed by atoms with E-state index < -0.39 is 9.58 Å². The van der Waals surface area contributed by atoms with E-state index in [4.69, 9.17) is 34.8 Å². The van der Waals surface area contributed by atoms with Gasteiger partial charge in [0.1, 0.15) is 0 Å². The monoisotopic (exact) mass is 342 g/mol. The van der Waals surface area contributed by atoms with E-state index in [2.05, 4.69) is 11.0 Å². The molecule has 0 bridgehead atoms. The van der Waals surface area contributed by atoms with Gasteiger partial charge in [0.2, 0.25) is 5.78 Å². The Kier molecular flexibility index (Phi) is 3.68. The Morgan fingerprint density at radius 2 is 1.81 bits per heavy atom. The van der Waals surface area contributed by atoms with Crippen LogP contribution in [0.2, 0.25) is 0 Å². The van der Waals surface area contributed by atoms with Gasteiger partial charge >= 0.3 is 0 Å². The maximum Gasteiger partial charge on any atom is 0.255 e. The van der Waals surface area contributed by atoms with E-state index in [1.165, 1.54) is 0 Å². The van der Waals surface area contributed by atoms with E-state index in [0.29, 0.717) is 18.8 Å². The lowest BCUT2D eigenvalue weighted by Gasteiger charge is -2.18. The minimum atomic E-state index is -1.94. The maximum atomic E-state index is 12.3. The number of ketones is 1. The van der Waals surface area contributed by atoms with E-state index in [1.807, 2.05) is 35.9 Å². The van der Waals surface area contributed by atoms with Gasteiger partial charge < -0.3 is 9.47 Å². The Morgan fingerprint density at radius 1 is 1.10 bits per heavy atom. The zero-order valence-corrected chi connectivity index (χ0v) is 13.6. The molecule has 2 aromatic rings. The number of hydrogen-bond acceptors (Lipinski definition) is 2. The fraction of sp³-hybridized carbons (Fsp3) is 0.267. The number of fused-ring (bicyclic) bond motifs is 2. The molecule has 1 aromatic heterocycles. The molecule has 0 saturated heterocycles. The summed E-state index contributed by atoms with van der Waals surface area (Å²) in [4.78, 5) is 14.4. The van der Waals surface area contributed by atoms with Gasteiger partial charge in [0.25, 0.3) is 3.79 Å². The van der Waals surface area contributed by atoms with Crippen LogP contribution in [0.4, 0.5) is 5.69 Å². The Labute approximate surface area is 138 Å². The van der Waals surface area contributed by atoms with Crippen LogP contribution >= 0.6 is 34.8 Å². The predicted octanol–water partition coefficient (Wildman–Crippen LogP) is 4.04. The van der Waals surface area contributed by atoms with Crippen molar-refractivity contribution in [2.24, 2.45) is 0 Å².